The summed E-state index contributed by atoms with van der Waals surface area (Å²) >= 11 is 0. The first-order valence-corrected chi connectivity index (χ1v) is 15.0. The van der Waals surface area contributed by atoms with Crippen molar-refractivity contribution in [3.63, 3.8) is 0 Å². The van der Waals surface area contributed by atoms with E-state index in [-0.39, 0.29) is 5.41 Å². The van der Waals surface area contributed by atoms with Crippen LogP contribution in [-0.2, 0) is 11.8 Å². The second-order valence-corrected chi connectivity index (χ2v) is 12.9. The zero-order chi connectivity index (χ0) is 27.5. The van der Waals surface area contributed by atoms with E-state index in [0.717, 1.165) is 6.42 Å². The van der Waals surface area contributed by atoms with E-state index in [0.29, 0.717) is 0 Å². The van der Waals surface area contributed by atoms with Gasteiger partial charge in [0.05, 0.1) is 33.3 Å². The molecule has 0 bridgehead atoms. The lowest BCUT2D eigenvalue weighted by atomic mass is 9.76. The standard InChI is InChI=1S/C40H26N2/c1-40(2)36-25(17-19-33-30(36)21-22-9-7-12-27-23-10-3-5-15-31(23)41(33)38(22)27)26-18-20-34-35(37(26)40)29-14-8-13-28-24-11-4-6-16-32(24)42(34)39(28)29/h3-20H,21H2,1-2H3. The molecular formula is C40H26N2. The van der Waals surface area contributed by atoms with Gasteiger partial charge in [-0.1, -0.05) is 98.8 Å². The van der Waals surface area contributed by atoms with Crippen molar-refractivity contribution in [3.05, 3.63) is 131 Å². The fraction of sp³-hybridized carbons (Fsp3) is 0.100. The minimum absolute atomic E-state index is 0.141. The van der Waals surface area contributed by atoms with Gasteiger partial charge in [-0.25, -0.2) is 0 Å². The van der Waals surface area contributed by atoms with Crippen molar-refractivity contribution in [1.29, 1.82) is 0 Å². The average Bonchev–Trinajstić information content (AvgIpc) is 3.72. The van der Waals surface area contributed by atoms with Gasteiger partial charge >= 0.3 is 0 Å². The second kappa shape index (κ2) is 6.86. The third-order valence-corrected chi connectivity index (χ3v) is 10.6. The summed E-state index contributed by atoms with van der Waals surface area (Å²) in [4.78, 5) is 0. The number of rotatable bonds is 0. The van der Waals surface area contributed by atoms with Gasteiger partial charge in [0.1, 0.15) is 0 Å². The van der Waals surface area contributed by atoms with E-state index < -0.39 is 0 Å². The van der Waals surface area contributed by atoms with Crippen LogP contribution in [0.2, 0.25) is 0 Å². The van der Waals surface area contributed by atoms with Gasteiger partial charge in [-0.2, -0.15) is 0 Å². The average molecular weight is 535 g/mol. The Morgan fingerprint density at radius 3 is 2.02 bits per heavy atom. The molecule has 0 saturated heterocycles. The summed E-state index contributed by atoms with van der Waals surface area (Å²) in [6.45, 7) is 4.93. The quantitative estimate of drug-likeness (QED) is 0.183. The Balaban J connectivity index is 1.27. The van der Waals surface area contributed by atoms with Gasteiger partial charge < -0.3 is 8.97 Å². The normalized spacial score (nSPS) is 15.0. The maximum Gasteiger partial charge on any atom is 0.0620 e. The molecule has 2 nitrogen and oxygen atoms in total. The van der Waals surface area contributed by atoms with Crippen LogP contribution in [0, 0.1) is 0 Å². The molecule has 0 unspecified atom stereocenters. The molecule has 0 radical (unpaired) electrons. The maximum atomic E-state index is 2.54. The molecule has 0 saturated carbocycles. The fourth-order valence-electron chi connectivity index (χ4n) is 9.16. The molecule has 6 aromatic carbocycles. The van der Waals surface area contributed by atoms with Gasteiger partial charge in [0.15, 0.2) is 0 Å². The summed E-state index contributed by atoms with van der Waals surface area (Å²) in [5.41, 5.74) is 16.5. The first-order chi connectivity index (χ1) is 20.6. The minimum Gasteiger partial charge on any atom is -0.309 e. The third kappa shape index (κ3) is 2.21. The van der Waals surface area contributed by atoms with E-state index in [9.17, 15) is 0 Å². The van der Waals surface area contributed by atoms with Crippen molar-refractivity contribution in [2.75, 3.05) is 0 Å². The van der Waals surface area contributed by atoms with E-state index in [1.54, 1.807) is 0 Å². The van der Waals surface area contributed by atoms with Crippen molar-refractivity contribution < 1.29 is 0 Å². The summed E-state index contributed by atoms with van der Waals surface area (Å²) in [6, 6.07) is 41.1. The topological polar surface area (TPSA) is 9.34 Å². The number of nitrogens with zero attached hydrogens (tertiary/aromatic N) is 2. The molecule has 11 rings (SSSR count). The fourth-order valence-corrected chi connectivity index (χ4v) is 9.16. The Kier molecular flexibility index (Phi) is 3.53. The number of hydrogen-bond acceptors (Lipinski definition) is 0. The molecule has 2 heteroatoms. The molecular weight excluding hydrogens is 508 g/mol. The largest absolute Gasteiger partial charge is 0.309 e. The lowest BCUT2D eigenvalue weighted by Gasteiger charge is -2.29. The van der Waals surface area contributed by atoms with Gasteiger partial charge in [-0.05, 0) is 57.6 Å². The lowest BCUT2D eigenvalue weighted by Crippen LogP contribution is -2.20. The molecule has 42 heavy (non-hydrogen) atoms. The van der Waals surface area contributed by atoms with Crippen LogP contribution in [0.4, 0.5) is 0 Å². The van der Waals surface area contributed by atoms with Crippen LogP contribution in [0.5, 0.6) is 0 Å². The van der Waals surface area contributed by atoms with Crippen LogP contribution < -0.4 is 0 Å². The van der Waals surface area contributed by atoms with Crippen molar-refractivity contribution in [1.82, 2.24) is 8.97 Å². The SMILES string of the molecule is CC1(C)c2c(ccc3c2Cc2cccc4c5ccccc5n-3c24)-c2ccc3c(c21)c1cccc2c4ccccc4n3c21. The minimum atomic E-state index is -0.141. The van der Waals surface area contributed by atoms with Crippen LogP contribution >= 0.6 is 0 Å². The first kappa shape index (κ1) is 21.6. The molecule has 0 fully saturated rings. The number of benzene rings is 6. The third-order valence-electron chi connectivity index (χ3n) is 10.6. The van der Waals surface area contributed by atoms with Gasteiger partial charge in [-0.15, -0.1) is 0 Å². The summed E-state index contributed by atoms with van der Waals surface area (Å²) in [6.07, 6.45) is 0.964. The first-order valence-electron chi connectivity index (χ1n) is 15.0. The molecule has 4 heterocycles. The zero-order valence-electron chi connectivity index (χ0n) is 23.5. The van der Waals surface area contributed by atoms with Crippen LogP contribution in [0.25, 0.3) is 76.7 Å². The van der Waals surface area contributed by atoms with Crippen LogP contribution in [0.15, 0.2) is 109 Å². The predicted octanol–water partition coefficient (Wildman–Crippen LogP) is 10.1. The van der Waals surface area contributed by atoms with Crippen LogP contribution in [0.3, 0.4) is 0 Å². The Morgan fingerprint density at radius 1 is 0.524 bits per heavy atom. The van der Waals surface area contributed by atoms with Gasteiger partial charge in [0.2, 0.25) is 0 Å². The molecule has 0 atom stereocenters. The number of para-hydroxylation sites is 4. The van der Waals surface area contributed by atoms with Crippen molar-refractivity contribution in [2.24, 2.45) is 0 Å². The summed E-state index contributed by atoms with van der Waals surface area (Å²) in [5, 5.41) is 8.16. The molecule has 0 spiro atoms. The molecule has 0 N–H and O–H groups in total. The van der Waals surface area contributed by atoms with Crippen molar-refractivity contribution >= 4 is 59.9 Å². The lowest BCUT2D eigenvalue weighted by molar-refractivity contribution is 0.657. The maximum absolute atomic E-state index is 2.54. The molecule has 196 valence electrons. The van der Waals surface area contributed by atoms with E-state index in [1.807, 2.05) is 0 Å². The molecule has 2 aliphatic rings. The highest BCUT2D eigenvalue weighted by molar-refractivity contribution is 6.25. The zero-order valence-corrected chi connectivity index (χ0v) is 23.5. The Bertz CT molecular complexity index is 2680. The Morgan fingerprint density at radius 2 is 1.17 bits per heavy atom. The molecule has 3 aromatic heterocycles. The molecule has 1 aliphatic carbocycles. The van der Waals surface area contributed by atoms with E-state index in [4.69, 9.17) is 0 Å². The summed E-state index contributed by atoms with van der Waals surface area (Å²) < 4.78 is 5.06. The van der Waals surface area contributed by atoms with Crippen molar-refractivity contribution in [2.45, 2.75) is 25.7 Å². The van der Waals surface area contributed by atoms with E-state index >= 15 is 0 Å². The highest BCUT2D eigenvalue weighted by Crippen LogP contribution is 2.56. The Labute approximate surface area is 242 Å². The van der Waals surface area contributed by atoms with Crippen molar-refractivity contribution in [3.8, 4) is 16.8 Å². The Hall–Kier alpha value is -5.08. The van der Waals surface area contributed by atoms with Gasteiger partial charge in [0, 0.05) is 44.2 Å². The van der Waals surface area contributed by atoms with Crippen LogP contribution in [-0.4, -0.2) is 8.97 Å². The number of fused-ring (bicyclic) bond motifs is 16. The predicted molar refractivity (Wildman–Crippen MR) is 176 cm³/mol. The van der Waals surface area contributed by atoms with E-state index in [1.165, 1.54) is 99.0 Å². The van der Waals surface area contributed by atoms with Crippen LogP contribution in [0.1, 0.15) is 36.1 Å². The molecule has 0 amide bonds. The molecule has 1 aliphatic heterocycles. The van der Waals surface area contributed by atoms with E-state index in [2.05, 4.69) is 132 Å². The smallest absolute Gasteiger partial charge is 0.0620 e. The highest BCUT2D eigenvalue weighted by Gasteiger charge is 2.42. The summed E-state index contributed by atoms with van der Waals surface area (Å²) in [5.74, 6) is 0. The number of hydrogen-bond donors (Lipinski definition) is 0. The second-order valence-electron chi connectivity index (χ2n) is 12.9. The highest BCUT2D eigenvalue weighted by atomic mass is 15.0. The molecule has 9 aromatic rings. The number of aromatic nitrogens is 2. The monoisotopic (exact) mass is 534 g/mol. The van der Waals surface area contributed by atoms with Gasteiger partial charge in [-0.3, -0.25) is 0 Å². The summed E-state index contributed by atoms with van der Waals surface area (Å²) in [7, 11) is 0. The van der Waals surface area contributed by atoms with Gasteiger partial charge in [0.25, 0.3) is 0 Å².